The molecule has 1 aliphatic rings. The van der Waals surface area contributed by atoms with Gasteiger partial charge in [0.2, 0.25) is 0 Å². The van der Waals surface area contributed by atoms with Crippen molar-refractivity contribution in [3.63, 3.8) is 0 Å². The molecular weight excluding hydrogens is 248 g/mol. The third-order valence-corrected chi connectivity index (χ3v) is 5.55. The van der Waals surface area contributed by atoms with Crippen molar-refractivity contribution < 1.29 is 4.74 Å². The summed E-state index contributed by atoms with van der Waals surface area (Å²) in [6.07, 6.45) is 2.45. The molecule has 78 valence electrons. The Kier molecular flexibility index (Phi) is 4.59. The Morgan fingerprint density at radius 3 is 2.62 bits per heavy atom. The molecule has 0 aromatic heterocycles. The highest BCUT2D eigenvalue weighted by atomic mass is 79.9. The molecule has 1 fully saturated rings. The molecule has 2 atom stereocenters. The zero-order valence-corrected chi connectivity index (χ0v) is 11.1. The van der Waals surface area contributed by atoms with Crippen LogP contribution in [-0.2, 0) is 4.74 Å². The van der Waals surface area contributed by atoms with E-state index in [4.69, 9.17) is 4.74 Å². The molecule has 0 bridgehead atoms. The summed E-state index contributed by atoms with van der Waals surface area (Å²) in [5.41, 5.74) is 0.0555. The third kappa shape index (κ3) is 3.80. The molecule has 0 aromatic carbocycles. The topological polar surface area (TPSA) is 9.23 Å². The van der Waals surface area contributed by atoms with Gasteiger partial charge in [0, 0.05) is 17.7 Å². The lowest BCUT2D eigenvalue weighted by Gasteiger charge is -2.25. The van der Waals surface area contributed by atoms with Crippen LogP contribution < -0.4 is 0 Å². The van der Waals surface area contributed by atoms with Gasteiger partial charge in [-0.3, -0.25) is 0 Å². The standard InChI is InChI=1S/C10H19BrOS/c1-10(2,12-3)5-4-8-6-13-7-9(8)11/h8-9H,4-7H2,1-3H3. The number of thioether (sulfide) groups is 1. The van der Waals surface area contributed by atoms with E-state index in [-0.39, 0.29) is 5.60 Å². The van der Waals surface area contributed by atoms with Crippen LogP contribution in [0.3, 0.4) is 0 Å². The maximum absolute atomic E-state index is 5.41. The fraction of sp³-hybridized carbons (Fsp3) is 1.00. The smallest absolute Gasteiger partial charge is 0.0622 e. The number of hydrogen-bond donors (Lipinski definition) is 0. The van der Waals surface area contributed by atoms with E-state index in [0.717, 1.165) is 17.2 Å². The Balaban J connectivity index is 2.25. The van der Waals surface area contributed by atoms with E-state index < -0.39 is 0 Å². The second-order valence-corrected chi connectivity index (χ2v) is 6.57. The number of ether oxygens (including phenoxy) is 1. The lowest BCUT2D eigenvalue weighted by Crippen LogP contribution is -2.24. The summed E-state index contributed by atoms with van der Waals surface area (Å²) in [7, 11) is 1.80. The number of methoxy groups -OCH3 is 1. The molecule has 3 heteroatoms. The van der Waals surface area contributed by atoms with Crippen molar-refractivity contribution in [3.8, 4) is 0 Å². The number of alkyl halides is 1. The van der Waals surface area contributed by atoms with Crippen LogP contribution in [0.15, 0.2) is 0 Å². The summed E-state index contributed by atoms with van der Waals surface area (Å²) in [6.45, 7) is 4.33. The first-order valence-electron chi connectivity index (χ1n) is 4.82. The molecule has 0 spiro atoms. The highest BCUT2D eigenvalue weighted by Crippen LogP contribution is 2.34. The second kappa shape index (κ2) is 5.04. The minimum Gasteiger partial charge on any atom is -0.379 e. The molecule has 13 heavy (non-hydrogen) atoms. The zero-order valence-electron chi connectivity index (χ0n) is 8.68. The monoisotopic (exact) mass is 266 g/mol. The van der Waals surface area contributed by atoms with Gasteiger partial charge in [-0.15, -0.1) is 0 Å². The Morgan fingerprint density at radius 1 is 1.46 bits per heavy atom. The molecule has 1 nitrogen and oxygen atoms in total. The van der Waals surface area contributed by atoms with E-state index in [9.17, 15) is 0 Å². The summed E-state index contributed by atoms with van der Waals surface area (Å²) < 4.78 is 5.41. The van der Waals surface area contributed by atoms with Gasteiger partial charge in [-0.2, -0.15) is 11.8 Å². The Morgan fingerprint density at radius 2 is 2.15 bits per heavy atom. The number of hydrogen-bond acceptors (Lipinski definition) is 2. The number of halogens is 1. The SMILES string of the molecule is COC(C)(C)CCC1CSCC1Br. The maximum atomic E-state index is 5.41. The summed E-state index contributed by atoms with van der Waals surface area (Å²) in [5, 5.41) is 0. The number of rotatable bonds is 4. The van der Waals surface area contributed by atoms with Gasteiger partial charge in [0.1, 0.15) is 0 Å². The van der Waals surface area contributed by atoms with Crippen LogP contribution in [0.4, 0.5) is 0 Å². The van der Waals surface area contributed by atoms with Gasteiger partial charge in [-0.05, 0) is 38.4 Å². The van der Waals surface area contributed by atoms with Crippen LogP contribution in [-0.4, -0.2) is 29.0 Å². The van der Waals surface area contributed by atoms with Crippen LogP contribution in [0.5, 0.6) is 0 Å². The van der Waals surface area contributed by atoms with Crippen molar-refractivity contribution >= 4 is 27.7 Å². The minimum absolute atomic E-state index is 0.0555. The summed E-state index contributed by atoms with van der Waals surface area (Å²) >= 11 is 5.79. The predicted molar refractivity (Wildman–Crippen MR) is 63.9 cm³/mol. The molecule has 0 radical (unpaired) electrons. The van der Waals surface area contributed by atoms with E-state index in [0.29, 0.717) is 0 Å². The third-order valence-electron chi connectivity index (χ3n) is 2.79. The van der Waals surface area contributed by atoms with Gasteiger partial charge in [0.15, 0.2) is 0 Å². The fourth-order valence-electron chi connectivity index (χ4n) is 1.47. The lowest BCUT2D eigenvalue weighted by molar-refractivity contribution is 0.0113. The van der Waals surface area contributed by atoms with Gasteiger partial charge in [-0.1, -0.05) is 15.9 Å². The lowest BCUT2D eigenvalue weighted by atomic mass is 9.94. The normalized spacial score (nSPS) is 29.5. The Labute approximate surface area is 94.1 Å². The molecular formula is C10H19BrOS. The molecule has 0 amide bonds. The quantitative estimate of drug-likeness (QED) is 0.723. The van der Waals surface area contributed by atoms with Gasteiger partial charge in [0.05, 0.1) is 5.60 Å². The van der Waals surface area contributed by atoms with E-state index in [1.165, 1.54) is 17.9 Å². The molecule has 1 rings (SSSR count). The molecule has 0 N–H and O–H groups in total. The summed E-state index contributed by atoms with van der Waals surface area (Å²) in [4.78, 5) is 0.727. The summed E-state index contributed by atoms with van der Waals surface area (Å²) in [5.74, 6) is 3.44. The van der Waals surface area contributed by atoms with Gasteiger partial charge < -0.3 is 4.74 Å². The van der Waals surface area contributed by atoms with E-state index in [2.05, 4.69) is 41.5 Å². The Bertz CT molecular complexity index is 161. The highest BCUT2D eigenvalue weighted by Gasteiger charge is 2.27. The zero-order chi connectivity index (χ0) is 9.90. The van der Waals surface area contributed by atoms with Crippen molar-refractivity contribution in [1.82, 2.24) is 0 Å². The molecule has 0 aromatic rings. The molecule has 0 aliphatic carbocycles. The Hall–Kier alpha value is 0.790. The molecule has 1 aliphatic heterocycles. The van der Waals surface area contributed by atoms with Gasteiger partial charge >= 0.3 is 0 Å². The fourth-order valence-corrected chi connectivity index (χ4v) is 4.07. The van der Waals surface area contributed by atoms with Crippen LogP contribution in [0.25, 0.3) is 0 Å². The average Bonchev–Trinajstić information content (AvgIpc) is 2.48. The van der Waals surface area contributed by atoms with Crippen molar-refractivity contribution in [1.29, 1.82) is 0 Å². The van der Waals surface area contributed by atoms with E-state index >= 15 is 0 Å². The predicted octanol–water partition coefficient (Wildman–Crippen LogP) is 3.32. The van der Waals surface area contributed by atoms with Crippen molar-refractivity contribution in [2.24, 2.45) is 5.92 Å². The second-order valence-electron chi connectivity index (χ2n) is 4.32. The first-order valence-corrected chi connectivity index (χ1v) is 6.89. The van der Waals surface area contributed by atoms with Crippen LogP contribution in [0.2, 0.25) is 0 Å². The first kappa shape index (κ1) is 11.9. The van der Waals surface area contributed by atoms with Crippen LogP contribution in [0, 0.1) is 5.92 Å². The first-order chi connectivity index (χ1) is 6.05. The van der Waals surface area contributed by atoms with Crippen LogP contribution in [0.1, 0.15) is 26.7 Å². The average molecular weight is 267 g/mol. The largest absolute Gasteiger partial charge is 0.379 e. The molecule has 1 heterocycles. The van der Waals surface area contributed by atoms with Gasteiger partial charge in [-0.25, -0.2) is 0 Å². The van der Waals surface area contributed by atoms with Crippen molar-refractivity contribution in [2.75, 3.05) is 18.6 Å². The van der Waals surface area contributed by atoms with Crippen LogP contribution >= 0.6 is 27.7 Å². The minimum atomic E-state index is 0.0555. The maximum Gasteiger partial charge on any atom is 0.0622 e. The van der Waals surface area contributed by atoms with Crippen molar-refractivity contribution in [2.45, 2.75) is 37.1 Å². The van der Waals surface area contributed by atoms with E-state index in [1.807, 2.05) is 0 Å². The van der Waals surface area contributed by atoms with E-state index in [1.54, 1.807) is 7.11 Å². The van der Waals surface area contributed by atoms with Crippen molar-refractivity contribution in [3.05, 3.63) is 0 Å². The molecule has 0 saturated carbocycles. The van der Waals surface area contributed by atoms with Gasteiger partial charge in [0.25, 0.3) is 0 Å². The summed E-state index contributed by atoms with van der Waals surface area (Å²) in [6, 6.07) is 0. The highest BCUT2D eigenvalue weighted by molar-refractivity contribution is 9.09. The molecule has 1 saturated heterocycles. The molecule has 2 unspecified atom stereocenters.